The summed E-state index contributed by atoms with van der Waals surface area (Å²) in [6.45, 7) is 6.48. The zero-order valence-electron chi connectivity index (χ0n) is 12.2. The Labute approximate surface area is 120 Å². The van der Waals surface area contributed by atoms with E-state index in [4.69, 9.17) is 0 Å². The van der Waals surface area contributed by atoms with Crippen molar-refractivity contribution in [1.82, 2.24) is 15.2 Å². The lowest BCUT2D eigenvalue weighted by molar-refractivity contribution is 0.192. The second-order valence-electron chi connectivity index (χ2n) is 5.13. The zero-order valence-corrected chi connectivity index (χ0v) is 13.0. The first kappa shape index (κ1) is 16.5. The minimum Gasteiger partial charge on any atom is -0.270 e. The van der Waals surface area contributed by atoms with Crippen LogP contribution in [0.25, 0.3) is 0 Å². The van der Waals surface area contributed by atoms with Crippen LogP contribution in [0.2, 0.25) is 0 Å². The smallest absolute Gasteiger partial charge is 0.270 e. The molecule has 20 heavy (non-hydrogen) atoms. The van der Waals surface area contributed by atoms with E-state index in [0.29, 0.717) is 12.5 Å². The molecule has 0 atom stereocenters. The van der Waals surface area contributed by atoms with Crippen LogP contribution in [0.4, 0.5) is 4.79 Å². The Morgan fingerprint density at radius 2 is 1.80 bits per heavy atom. The molecule has 112 valence electrons. The van der Waals surface area contributed by atoms with E-state index in [2.05, 4.69) is 5.43 Å². The van der Waals surface area contributed by atoms with Crippen LogP contribution in [0.5, 0.6) is 0 Å². The summed E-state index contributed by atoms with van der Waals surface area (Å²) < 4.78 is 25.9. The number of amides is 2. The van der Waals surface area contributed by atoms with E-state index in [0.717, 1.165) is 5.56 Å². The SMILES string of the molecule is Cc1ccc(S(=O)(=O)NC(=O)NN(C)CC(C)C)cc1. The average Bonchev–Trinajstić information content (AvgIpc) is 2.26. The van der Waals surface area contributed by atoms with Crippen LogP contribution < -0.4 is 10.1 Å². The number of rotatable bonds is 5. The fraction of sp³-hybridized carbons (Fsp3) is 0.462. The molecule has 0 fully saturated rings. The van der Waals surface area contributed by atoms with E-state index < -0.39 is 16.1 Å². The first-order chi connectivity index (χ1) is 9.20. The van der Waals surface area contributed by atoms with Gasteiger partial charge in [-0.15, -0.1) is 0 Å². The Balaban J connectivity index is 2.67. The van der Waals surface area contributed by atoms with Crippen molar-refractivity contribution in [2.75, 3.05) is 13.6 Å². The molecule has 6 nitrogen and oxygen atoms in total. The molecule has 0 spiro atoms. The van der Waals surface area contributed by atoms with Gasteiger partial charge >= 0.3 is 6.03 Å². The van der Waals surface area contributed by atoms with Crippen molar-refractivity contribution in [2.45, 2.75) is 25.7 Å². The van der Waals surface area contributed by atoms with Crippen molar-refractivity contribution >= 4 is 16.1 Å². The van der Waals surface area contributed by atoms with E-state index in [-0.39, 0.29) is 4.90 Å². The number of carbonyl (C=O) groups is 1. The minimum absolute atomic E-state index is 0.0600. The third-order valence-electron chi connectivity index (χ3n) is 2.49. The predicted molar refractivity (Wildman–Crippen MR) is 77.5 cm³/mol. The van der Waals surface area contributed by atoms with E-state index in [1.807, 2.05) is 25.5 Å². The van der Waals surface area contributed by atoms with Crippen LogP contribution in [-0.4, -0.2) is 33.1 Å². The first-order valence-corrected chi connectivity index (χ1v) is 7.80. The first-order valence-electron chi connectivity index (χ1n) is 6.32. The van der Waals surface area contributed by atoms with Gasteiger partial charge in [0.15, 0.2) is 0 Å². The highest BCUT2D eigenvalue weighted by molar-refractivity contribution is 7.90. The van der Waals surface area contributed by atoms with E-state index >= 15 is 0 Å². The molecule has 2 amide bonds. The van der Waals surface area contributed by atoms with Gasteiger partial charge in [-0.2, -0.15) is 0 Å². The van der Waals surface area contributed by atoms with Crippen molar-refractivity contribution in [3.8, 4) is 0 Å². The van der Waals surface area contributed by atoms with Crippen molar-refractivity contribution in [1.29, 1.82) is 0 Å². The van der Waals surface area contributed by atoms with Crippen LogP contribution >= 0.6 is 0 Å². The van der Waals surface area contributed by atoms with Crippen LogP contribution in [-0.2, 0) is 10.0 Å². The third kappa shape index (κ3) is 5.18. The number of benzene rings is 1. The molecule has 0 radical (unpaired) electrons. The Hall–Kier alpha value is -1.60. The normalized spacial score (nSPS) is 11.7. The Morgan fingerprint density at radius 3 is 2.30 bits per heavy atom. The molecule has 0 aliphatic carbocycles. The van der Waals surface area contributed by atoms with Gasteiger partial charge in [0, 0.05) is 13.6 Å². The predicted octanol–water partition coefficient (Wildman–Crippen LogP) is 1.49. The van der Waals surface area contributed by atoms with Gasteiger partial charge in [-0.1, -0.05) is 31.5 Å². The Morgan fingerprint density at radius 1 is 1.25 bits per heavy atom. The van der Waals surface area contributed by atoms with Crippen molar-refractivity contribution in [2.24, 2.45) is 5.92 Å². The molecular formula is C13H21N3O3S. The van der Waals surface area contributed by atoms with Gasteiger partial charge in [0.05, 0.1) is 4.90 Å². The summed E-state index contributed by atoms with van der Waals surface area (Å²) in [6.07, 6.45) is 0. The summed E-state index contributed by atoms with van der Waals surface area (Å²) in [5.41, 5.74) is 3.40. The number of nitrogens with one attached hydrogen (secondary N) is 2. The van der Waals surface area contributed by atoms with Crippen molar-refractivity contribution in [3.05, 3.63) is 29.8 Å². The van der Waals surface area contributed by atoms with Gasteiger partial charge < -0.3 is 0 Å². The number of nitrogens with zero attached hydrogens (tertiary/aromatic N) is 1. The van der Waals surface area contributed by atoms with E-state index in [1.165, 1.54) is 12.1 Å². The fourth-order valence-corrected chi connectivity index (χ4v) is 2.59. The third-order valence-corrected chi connectivity index (χ3v) is 3.84. The minimum atomic E-state index is -3.84. The molecule has 2 N–H and O–H groups in total. The summed E-state index contributed by atoms with van der Waals surface area (Å²) in [6, 6.07) is 5.51. The summed E-state index contributed by atoms with van der Waals surface area (Å²) in [5, 5.41) is 1.55. The molecule has 0 saturated heterocycles. The van der Waals surface area contributed by atoms with Gasteiger partial charge in [-0.05, 0) is 25.0 Å². The summed E-state index contributed by atoms with van der Waals surface area (Å²) in [5.74, 6) is 0.356. The van der Waals surface area contributed by atoms with E-state index in [1.54, 1.807) is 24.2 Å². The van der Waals surface area contributed by atoms with Crippen LogP contribution in [0.15, 0.2) is 29.2 Å². The van der Waals surface area contributed by atoms with Crippen LogP contribution in [0.1, 0.15) is 19.4 Å². The zero-order chi connectivity index (χ0) is 15.3. The lowest BCUT2D eigenvalue weighted by Gasteiger charge is -2.20. The van der Waals surface area contributed by atoms with Gasteiger partial charge in [-0.25, -0.2) is 22.9 Å². The quantitative estimate of drug-likeness (QED) is 0.807. The van der Waals surface area contributed by atoms with Gasteiger partial charge in [0.1, 0.15) is 0 Å². The summed E-state index contributed by atoms with van der Waals surface area (Å²) in [7, 11) is -2.16. The summed E-state index contributed by atoms with van der Waals surface area (Å²) >= 11 is 0. The number of carbonyl (C=O) groups excluding carboxylic acids is 1. The molecule has 0 saturated carbocycles. The van der Waals surface area contributed by atoms with Gasteiger partial charge in [0.2, 0.25) is 0 Å². The molecule has 1 aromatic carbocycles. The fourth-order valence-electron chi connectivity index (χ4n) is 1.69. The Kier molecular flexibility index (Phi) is 5.52. The second kappa shape index (κ2) is 6.71. The molecule has 0 aromatic heterocycles. The molecule has 1 aromatic rings. The highest BCUT2D eigenvalue weighted by Crippen LogP contribution is 2.09. The number of hydrogen-bond acceptors (Lipinski definition) is 4. The molecular weight excluding hydrogens is 278 g/mol. The number of hydrogen-bond donors (Lipinski definition) is 2. The summed E-state index contributed by atoms with van der Waals surface area (Å²) in [4.78, 5) is 11.7. The highest BCUT2D eigenvalue weighted by Gasteiger charge is 2.18. The lowest BCUT2D eigenvalue weighted by atomic mass is 10.2. The monoisotopic (exact) mass is 299 g/mol. The molecule has 0 aliphatic rings. The number of sulfonamides is 1. The molecule has 0 unspecified atom stereocenters. The number of urea groups is 1. The van der Waals surface area contributed by atoms with Crippen LogP contribution in [0.3, 0.4) is 0 Å². The highest BCUT2D eigenvalue weighted by atomic mass is 32.2. The molecule has 0 heterocycles. The van der Waals surface area contributed by atoms with Crippen LogP contribution in [0, 0.1) is 12.8 Å². The number of hydrazine groups is 1. The standard InChI is InChI=1S/C13H21N3O3S/c1-10(2)9-16(4)14-13(17)15-20(18,19)12-7-5-11(3)6-8-12/h5-8,10H,9H2,1-4H3,(H2,14,15,17). The van der Waals surface area contributed by atoms with Gasteiger partial charge in [-0.3, -0.25) is 5.43 Å². The van der Waals surface area contributed by atoms with E-state index in [9.17, 15) is 13.2 Å². The molecule has 7 heteroatoms. The van der Waals surface area contributed by atoms with Gasteiger partial charge in [0.25, 0.3) is 10.0 Å². The van der Waals surface area contributed by atoms with Crippen molar-refractivity contribution in [3.63, 3.8) is 0 Å². The molecule has 0 aliphatic heterocycles. The molecule has 0 bridgehead atoms. The Bertz CT molecular complexity index is 553. The second-order valence-corrected chi connectivity index (χ2v) is 6.82. The maximum atomic E-state index is 12.0. The van der Waals surface area contributed by atoms with Crippen molar-refractivity contribution < 1.29 is 13.2 Å². The topological polar surface area (TPSA) is 78.5 Å². The molecule has 1 rings (SSSR count). The average molecular weight is 299 g/mol. The maximum absolute atomic E-state index is 12.0. The number of aryl methyl sites for hydroxylation is 1. The largest absolute Gasteiger partial charge is 0.343 e. The maximum Gasteiger partial charge on any atom is 0.343 e. The lowest BCUT2D eigenvalue weighted by Crippen LogP contribution is -2.48.